The van der Waals surface area contributed by atoms with Crippen LogP contribution in [0.2, 0.25) is 5.02 Å². The summed E-state index contributed by atoms with van der Waals surface area (Å²) in [5.41, 5.74) is 5.37. The van der Waals surface area contributed by atoms with E-state index in [1.54, 1.807) is 10.6 Å². The third kappa shape index (κ3) is 4.90. The van der Waals surface area contributed by atoms with E-state index in [2.05, 4.69) is 10.9 Å². The van der Waals surface area contributed by atoms with Crippen LogP contribution in [0.3, 0.4) is 0 Å². The van der Waals surface area contributed by atoms with Crippen molar-refractivity contribution in [1.82, 2.24) is 15.4 Å². The first-order chi connectivity index (χ1) is 14.4. The van der Waals surface area contributed by atoms with Gasteiger partial charge in [-0.15, -0.1) is 0 Å². The number of carbonyl (C=O) groups is 2. The molecule has 1 unspecified atom stereocenters. The molecule has 1 atom stereocenters. The lowest BCUT2D eigenvalue weighted by Gasteiger charge is -2.16. The Labute approximate surface area is 177 Å². The Balaban J connectivity index is 1.66. The lowest BCUT2D eigenvalue weighted by atomic mass is 10.1. The van der Waals surface area contributed by atoms with Gasteiger partial charge in [0, 0.05) is 18.5 Å². The molecule has 2 N–H and O–H groups in total. The smallest absolute Gasteiger partial charge is 0.279 e. The fourth-order valence-corrected chi connectivity index (χ4v) is 2.90. The molecule has 0 spiro atoms. The number of benzene rings is 2. The van der Waals surface area contributed by atoms with Gasteiger partial charge in [-0.05, 0) is 49.4 Å². The molecule has 0 saturated carbocycles. The van der Waals surface area contributed by atoms with E-state index in [0.717, 1.165) is 0 Å². The molecule has 0 aliphatic carbocycles. The van der Waals surface area contributed by atoms with Crippen LogP contribution in [0.1, 0.15) is 17.3 Å². The number of aromatic nitrogens is 1. The summed E-state index contributed by atoms with van der Waals surface area (Å²) in [6.45, 7) is 1.49. The number of nitrogens with zero attached hydrogens (tertiary/aromatic N) is 1. The van der Waals surface area contributed by atoms with Gasteiger partial charge in [-0.25, -0.2) is 4.39 Å². The molecular formula is C21H19ClFN3O4. The number of carbonyl (C=O) groups excluding carboxylic acids is 2. The van der Waals surface area contributed by atoms with Crippen LogP contribution in [0.4, 0.5) is 4.39 Å². The van der Waals surface area contributed by atoms with E-state index in [1.807, 2.05) is 24.5 Å². The zero-order valence-corrected chi connectivity index (χ0v) is 16.9. The number of nitrogens with one attached hydrogen (secondary N) is 2. The first-order valence-corrected chi connectivity index (χ1v) is 9.30. The molecule has 0 aliphatic rings. The van der Waals surface area contributed by atoms with Crippen LogP contribution in [-0.4, -0.2) is 29.6 Å². The summed E-state index contributed by atoms with van der Waals surface area (Å²) in [5, 5.41) is 0.330. The van der Waals surface area contributed by atoms with Crippen LogP contribution in [-0.2, 0) is 4.79 Å². The SMILES string of the molecule is COc1cc(-n2cccc2)c(Cl)cc1C(=O)NNC(=O)C(C)Oc1ccc(F)cc1. The van der Waals surface area contributed by atoms with E-state index in [1.165, 1.54) is 44.4 Å². The minimum Gasteiger partial charge on any atom is -0.496 e. The van der Waals surface area contributed by atoms with Gasteiger partial charge < -0.3 is 14.0 Å². The maximum Gasteiger partial charge on any atom is 0.279 e. The molecule has 9 heteroatoms. The Morgan fingerprint density at radius 1 is 1.10 bits per heavy atom. The second kappa shape index (κ2) is 9.32. The van der Waals surface area contributed by atoms with Gasteiger partial charge in [-0.2, -0.15) is 0 Å². The second-order valence-electron chi connectivity index (χ2n) is 6.25. The third-order valence-electron chi connectivity index (χ3n) is 4.19. The molecule has 0 aliphatic heterocycles. The average molecular weight is 432 g/mol. The highest BCUT2D eigenvalue weighted by Gasteiger charge is 2.19. The van der Waals surface area contributed by atoms with E-state index < -0.39 is 23.7 Å². The number of ether oxygens (including phenoxy) is 2. The lowest BCUT2D eigenvalue weighted by molar-refractivity contribution is -0.128. The van der Waals surface area contributed by atoms with Gasteiger partial charge in [0.15, 0.2) is 6.10 Å². The quantitative estimate of drug-likeness (QED) is 0.585. The molecule has 7 nitrogen and oxygen atoms in total. The fourth-order valence-electron chi connectivity index (χ4n) is 2.64. The number of hydrogen-bond acceptors (Lipinski definition) is 4. The lowest BCUT2D eigenvalue weighted by Crippen LogP contribution is -2.47. The van der Waals surface area contributed by atoms with Gasteiger partial charge in [-0.3, -0.25) is 20.4 Å². The number of halogens is 2. The Morgan fingerprint density at radius 2 is 1.77 bits per heavy atom. The molecule has 156 valence electrons. The van der Waals surface area contributed by atoms with Crippen molar-refractivity contribution in [2.24, 2.45) is 0 Å². The molecule has 0 fully saturated rings. The predicted octanol–water partition coefficient (Wildman–Crippen LogP) is 3.51. The van der Waals surface area contributed by atoms with Crippen molar-refractivity contribution in [3.05, 3.63) is 77.3 Å². The van der Waals surface area contributed by atoms with Crippen LogP contribution in [0.25, 0.3) is 5.69 Å². The molecule has 2 amide bonds. The molecule has 0 radical (unpaired) electrons. The van der Waals surface area contributed by atoms with Crippen molar-refractivity contribution in [2.75, 3.05) is 7.11 Å². The molecule has 2 aromatic carbocycles. The van der Waals surface area contributed by atoms with Gasteiger partial charge >= 0.3 is 0 Å². The van der Waals surface area contributed by atoms with E-state index in [-0.39, 0.29) is 11.3 Å². The van der Waals surface area contributed by atoms with Crippen LogP contribution in [0.5, 0.6) is 11.5 Å². The van der Waals surface area contributed by atoms with Gasteiger partial charge in [-0.1, -0.05) is 11.6 Å². The highest BCUT2D eigenvalue weighted by Crippen LogP contribution is 2.29. The molecule has 0 saturated heterocycles. The highest BCUT2D eigenvalue weighted by atomic mass is 35.5. The van der Waals surface area contributed by atoms with Crippen molar-refractivity contribution in [3.8, 4) is 17.2 Å². The molecule has 1 aromatic heterocycles. The summed E-state index contributed by atoms with van der Waals surface area (Å²) >= 11 is 6.32. The van der Waals surface area contributed by atoms with Crippen molar-refractivity contribution in [3.63, 3.8) is 0 Å². The molecule has 1 heterocycles. The molecule has 0 bridgehead atoms. The van der Waals surface area contributed by atoms with Gasteiger partial charge in [0.2, 0.25) is 0 Å². The summed E-state index contributed by atoms with van der Waals surface area (Å²) in [4.78, 5) is 24.7. The molecular weight excluding hydrogens is 413 g/mol. The van der Waals surface area contributed by atoms with E-state index >= 15 is 0 Å². The summed E-state index contributed by atoms with van der Waals surface area (Å²) in [6.07, 6.45) is 2.68. The Morgan fingerprint density at radius 3 is 2.40 bits per heavy atom. The highest BCUT2D eigenvalue weighted by molar-refractivity contribution is 6.33. The van der Waals surface area contributed by atoms with Gasteiger partial charge in [0.05, 0.1) is 23.4 Å². The number of methoxy groups -OCH3 is 1. The van der Waals surface area contributed by atoms with Crippen LogP contribution in [0.15, 0.2) is 60.9 Å². The van der Waals surface area contributed by atoms with E-state index in [4.69, 9.17) is 21.1 Å². The van der Waals surface area contributed by atoms with Crippen molar-refractivity contribution in [2.45, 2.75) is 13.0 Å². The first-order valence-electron chi connectivity index (χ1n) is 8.92. The predicted molar refractivity (Wildman–Crippen MR) is 109 cm³/mol. The summed E-state index contributed by atoms with van der Waals surface area (Å²) in [5.74, 6) is -1.02. The zero-order valence-electron chi connectivity index (χ0n) is 16.2. The Kier molecular flexibility index (Phi) is 6.58. The molecule has 3 aromatic rings. The van der Waals surface area contributed by atoms with Crippen molar-refractivity contribution >= 4 is 23.4 Å². The number of amides is 2. The van der Waals surface area contributed by atoms with Gasteiger partial charge in [0.25, 0.3) is 11.8 Å². The van der Waals surface area contributed by atoms with Crippen LogP contribution < -0.4 is 20.3 Å². The number of rotatable bonds is 6. The van der Waals surface area contributed by atoms with Crippen molar-refractivity contribution < 1.29 is 23.5 Å². The monoisotopic (exact) mass is 431 g/mol. The molecule has 30 heavy (non-hydrogen) atoms. The maximum atomic E-state index is 12.9. The maximum absolute atomic E-state index is 12.9. The Bertz CT molecular complexity index is 1040. The summed E-state index contributed by atoms with van der Waals surface area (Å²) in [6, 6.07) is 12.0. The normalized spacial score (nSPS) is 11.5. The minimum atomic E-state index is -0.933. The second-order valence-corrected chi connectivity index (χ2v) is 6.66. The van der Waals surface area contributed by atoms with E-state index in [0.29, 0.717) is 16.5 Å². The summed E-state index contributed by atoms with van der Waals surface area (Å²) in [7, 11) is 1.43. The minimum absolute atomic E-state index is 0.144. The van der Waals surface area contributed by atoms with Gasteiger partial charge in [0.1, 0.15) is 17.3 Å². The van der Waals surface area contributed by atoms with Crippen LogP contribution >= 0.6 is 11.6 Å². The topological polar surface area (TPSA) is 81.6 Å². The van der Waals surface area contributed by atoms with E-state index in [9.17, 15) is 14.0 Å². The Hall–Kier alpha value is -3.52. The standard InChI is InChI=1S/C21H19ClFN3O4/c1-13(30-15-7-5-14(23)6-8-15)20(27)24-25-21(28)16-11-17(22)18(12-19(16)29-2)26-9-3-4-10-26/h3-13H,1-2H3,(H,24,27)(H,25,28). The molecule has 3 rings (SSSR count). The number of hydrogen-bond donors (Lipinski definition) is 2. The largest absolute Gasteiger partial charge is 0.496 e. The average Bonchev–Trinajstić information content (AvgIpc) is 3.27. The zero-order chi connectivity index (χ0) is 21.7. The fraction of sp³-hybridized carbons (Fsp3) is 0.143. The van der Waals surface area contributed by atoms with Crippen molar-refractivity contribution in [1.29, 1.82) is 0 Å². The van der Waals surface area contributed by atoms with Crippen LogP contribution in [0, 0.1) is 5.82 Å². The third-order valence-corrected chi connectivity index (χ3v) is 4.49. The number of hydrazine groups is 1. The summed E-state index contributed by atoms with van der Waals surface area (Å²) < 4.78 is 25.4. The first kappa shape index (κ1) is 21.2.